The standard InChI is InChI=1S/C13H7Br2ClN2O3/c14-9-2-1-3-10(15)12(9)17-13(19)8-5-4-7(18(20)21)6-11(8)16/h1-6H,(H,17,19). The van der Waals surface area contributed by atoms with Crippen LogP contribution in [-0.2, 0) is 0 Å². The van der Waals surface area contributed by atoms with Crippen molar-refractivity contribution in [3.63, 3.8) is 0 Å². The van der Waals surface area contributed by atoms with E-state index in [0.29, 0.717) is 14.6 Å². The van der Waals surface area contributed by atoms with Gasteiger partial charge in [0.1, 0.15) is 0 Å². The fourth-order valence-corrected chi connectivity index (χ4v) is 3.06. The van der Waals surface area contributed by atoms with Crippen LogP contribution in [0.25, 0.3) is 0 Å². The summed E-state index contributed by atoms with van der Waals surface area (Å²) in [6.07, 6.45) is 0. The second-order valence-electron chi connectivity index (χ2n) is 3.97. The van der Waals surface area contributed by atoms with E-state index in [1.165, 1.54) is 12.1 Å². The molecule has 0 unspecified atom stereocenters. The van der Waals surface area contributed by atoms with Gasteiger partial charge in [-0.1, -0.05) is 17.7 Å². The van der Waals surface area contributed by atoms with Gasteiger partial charge in [0.05, 0.1) is 21.2 Å². The lowest BCUT2D eigenvalue weighted by Gasteiger charge is -2.10. The number of para-hydroxylation sites is 1. The average molecular weight is 434 g/mol. The normalized spacial score (nSPS) is 10.2. The minimum Gasteiger partial charge on any atom is -0.320 e. The Morgan fingerprint density at radius 1 is 1.19 bits per heavy atom. The van der Waals surface area contributed by atoms with Crippen LogP contribution >= 0.6 is 43.5 Å². The van der Waals surface area contributed by atoms with Gasteiger partial charge in [0.25, 0.3) is 11.6 Å². The van der Waals surface area contributed by atoms with E-state index >= 15 is 0 Å². The van der Waals surface area contributed by atoms with Gasteiger partial charge in [-0.3, -0.25) is 14.9 Å². The molecule has 108 valence electrons. The van der Waals surface area contributed by atoms with Crippen molar-refractivity contribution in [2.45, 2.75) is 0 Å². The lowest BCUT2D eigenvalue weighted by atomic mass is 10.2. The number of nitro benzene ring substituents is 1. The summed E-state index contributed by atoms with van der Waals surface area (Å²) < 4.78 is 1.39. The number of rotatable bonds is 3. The maximum atomic E-state index is 12.2. The Hall–Kier alpha value is -1.44. The number of carbonyl (C=O) groups excluding carboxylic acids is 1. The SMILES string of the molecule is O=C(Nc1c(Br)cccc1Br)c1ccc([N+](=O)[O-])cc1Cl. The minimum atomic E-state index is -0.571. The molecule has 0 radical (unpaired) electrons. The van der Waals surface area contributed by atoms with Crippen LogP contribution in [0.5, 0.6) is 0 Å². The summed E-state index contributed by atoms with van der Waals surface area (Å²) in [4.78, 5) is 22.3. The van der Waals surface area contributed by atoms with E-state index in [0.717, 1.165) is 6.07 Å². The summed E-state index contributed by atoms with van der Waals surface area (Å²) in [6.45, 7) is 0. The summed E-state index contributed by atoms with van der Waals surface area (Å²) >= 11 is 12.6. The highest BCUT2D eigenvalue weighted by Crippen LogP contribution is 2.31. The zero-order valence-corrected chi connectivity index (χ0v) is 14.2. The number of hydrogen-bond acceptors (Lipinski definition) is 3. The summed E-state index contributed by atoms with van der Waals surface area (Å²) in [7, 11) is 0. The lowest BCUT2D eigenvalue weighted by molar-refractivity contribution is -0.384. The number of anilines is 1. The van der Waals surface area contributed by atoms with E-state index in [9.17, 15) is 14.9 Å². The molecular weight excluding hydrogens is 427 g/mol. The number of non-ortho nitro benzene ring substituents is 1. The van der Waals surface area contributed by atoms with Crippen LogP contribution in [0.2, 0.25) is 5.02 Å². The molecule has 0 fully saturated rings. The zero-order chi connectivity index (χ0) is 15.6. The third kappa shape index (κ3) is 3.61. The Morgan fingerprint density at radius 2 is 1.81 bits per heavy atom. The summed E-state index contributed by atoms with van der Waals surface area (Å²) in [5.41, 5.74) is 0.542. The highest BCUT2D eigenvalue weighted by atomic mass is 79.9. The maximum absolute atomic E-state index is 12.2. The maximum Gasteiger partial charge on any atom is 0.270 e. The van der Waals surface area contributed by atoms with Gasteiger partial charge in [0.15, 0.2) is 0 Å². The van der Waals surface area contributed by atoms with Crippen LogP contribution in [-0.4, -0.2) is 10.8 Å². The highest BCUT2D eigenvalue weighted by Gasteiger charge is 2.16. The molecule has 0 aliphatic rings. The fourth-order valence-electron chi connectivity index (χ4n) is 1.60. The van der Waals surface area contributed by atoms with Crippen molar-refractivity contribution in [1.29, 1.82) is 0 Å². The molecule has 2 aromatic carbocycles. The van der Waals surface area contributed by atoms with Crippen LogP contribution in [0.15, 0.2) is 45.3 Å². The molecule has 0 aliphatic heterocycles. The largest absolute Gasteiger partial charge is 0.320 e. The molecule has 0 spiro atoms. The van der Waals surface area contributed by atoms with E-state index in [1.807, 2.05) is 6.07 Å². The molecule has 0 atom stereocenters. The number of halogens is 3. The molecule has 0 saturated carbocycles. The van der Waals surface area contributed by atoms with Crippen molar-refractivity contribution >= 4 is 60.7 Å². The van der Waals surface area contributed by atoms with E-state index < -0.39 is 10.8 Å². The first-order valence-electron chi connectivity index (χ1n) is 5.59. The van der Waals surface area contributed by atoms with Gasteiger partial charge in [-0.25, -0.2) is 0 Å². The van der Waals surface area contributed by atoms with E-state index in [2.05, 4.69) is 37.2 Å². The monoisotopic (exact) mass is 432 g/mol. The molecule has 8 heteroatoms. The molecule has 1 N–H and O–H groups in total. The molecule has 0 saturated heterocycles. The second-order valence-corrected chi connectivity index (χ2v) is 6.09. The number of benzene rings is 2. The smallest absolute Gasteiger partial charge is 0.270 e. The Bertz CT molecular complexity index is 717. The molecule has 1 amide bonds. The van der Waals surface area contributed by atoms with Crippen molar-refractivity contribution in [3.8, 4) is 0 Å². The van der Waals surface area contributed by atoms with Crippen molar-refractivity contribution < 1.29 is 9.72 Å². The first kappa shape index (κ1) is 15.9. The van der Waals surface area contributed by atoms with Crippen LogP contribution in [0, 0.1) is 10.1 Å². The lowest BCUT2D eigenvalue weighted by Crippen LogP contribution is -2.13. The van der Waals surface area contributed by atoms with E-state index in [1.54, 1.807) is 12.1 Å². The summed E-state index contributed by atoms with van der Waals surface area (Å²) in [6, 6.07) is 9.06. The molecule has 0 aliphatic carbocycles. The predicted octanol–water partition coefficient (Wildman–Crippen LogP) is 5.03. The van der Waals surface area contributed by atoms with Gasteiger partial charge in [0, 0.05) is 21.1 Å². The Kier molecular flexibility index (Phi) is 4.97. The fraction of sp³-hybridized carbons (Fsp3) is 0. The molecule has 5 nitrogen and oxygen atoms in total. The highest BCUT2D eigenvalue weighted by molar-refractivity contribution is 9.11. The molecule has 0 aromatic heterocycles. The number of nitro groups is 1. The Balaban J connectivity index is 2.31. The number of nitrogens with zero attached hydrogens (tertiary/aromatic N) is 1. The first-order valence-corrected chi connectivity index (χ1v) is 7.56. The van der Waals surface area contributed by atoms with E-state index in [-0.39, 0.29) is 16.3 Å². The predicted molar refractivity (Wildman–Crippen MR) is 87.9 cm³/mol. The second kappa shape index (κ2) is 6.55. The van der Waals surface area contributed by atoms with Gasteiger partial charge in [0.2, 0.25) is 0 Å². The molecule has 21 heavy (non-hydrogen) atoms. The number of amides is 1. The Morgan fingerprint density at radius 3 is 2.33 bits per heavy atom. The molecule has 0 heterocycles. The van der Waals surface area contributed by atoms with Crippen LogP contribution in [0.3, 0.4) is 0 Å². The van der Waals surface area contributed by atoms with Crippen molar-refractivity contribution in [1.82, 2.24) is 0 Å². The molecular formula is C13H7Br2ClN2O3. The van der Waals surface area contributed by atoms with Gasteiger partial charge >= 0.3 is 0 Å². The van der Waals surface area contributed by atoms with E-state index in [4.69, 9.17) is 11.6 Å². The zero-order valence-electron chi connectivity index (χ0n) is 10.3. The van der Waals surface area contributed by atoms with Gasteiger partial charge in [-0.15, -0.1) is 0 Å². The number of carbonyl (C=O) groups is 1. The average Bonchev–Trinajstić information content (AvgIpc) is 2.42. The third-order valence-electron chi connectivity index (χ3n) is 2.61. The quantitative estimate of drug-likeness (QED) is 0.544. The summed E-state index contributed by atoms with van der Waals surface area (Å²) in [5, 5.41) is 13.4. The molecule has 2 aromatic rings. The van der Waals surface area contributed by atoms with Crippen molar-refractivity contribution in [2.75, 3.05) is 5.32 Å². The third-order valence-corrected chi connectivity index (χ3v) is 4.24. The van der Waals surface area contributed by atoms with Gasteiger partial charge in [-0.2, -0.15) is 0 Å². The minimum absolute atomic E-state index is 0.0184. The first-order chi connectivity index (χ1) is 9.90. The topological polar surface area (TPSA) is 72.2 Å². The molecule has 2 rings (SSSR count). The van der Waals surface area contributed by atoms with Crippen molar-refractivity contribution in [3.05, 3.63) is 66.0 Å². The van der Waals surface area contributed by atoms with Gasteiger partial charge in [-0.05, 0) is 50.1 Å². The summed E-state index contributed by atoms with van der Waals surface area (Å²) in [5.74, 6) is -0.456. The number of hydrogen-bond donors (Lipinski definition) is 1. The Labute approximate surface area is 141 Å². The van der Waals surface area contributed by atoms with Crippen molar-refractivity contribution in [2.24, 2.45) is 0 Å². The number of nitrogens with one attached hydrogen (secondary N) is 1. The van der Waals surface area contributed by atoms with Crippen LogP contribution in [0.1, 0.15) is 10.4 Å². The van der Waals surface area contributed by atoms with Crippen LogP contribution < -0.4 is 5.32 Å². The molecule has 0 bridgehead atoms. The van der Waals surface area contributed by atoms with Gasteiger partial charge < -0.3 is 5.32 Å². The van der Waals surface area contributed by atoms with Crippen LogP contribution in [0.4, 0.5) is 11.4 Å².